The molecule has 0 radical (unpaired) electrons. The lowest BCUT2D eigenvalue weighted by Crippen LogP contribution is -2.56. The first-order chi connectivity index (χ1) is 8.80. The second-order valence-electron chi connectivity index (χ2n) is 5.04. The number of nitrogens with two attached hydrogens (primary N) is 1. The second kappa shape index (κ2) is 5.05. The van der Waals surface area contributed by atoms with E-state index in [2.05, 4.69) is 20.7 Å². The summed E-state index contributed by atoms with van der Waals surface area (Å²) in [5, 5.41) is 9.36. The molecular weight excluding hydrogens is 332 g/mol. The van der Waals surface area contributed by atoms with Crippen LogP contribution < -0.4 is 10.5 Å². The van der Waals surface area contributed by atoms with E-state index in [4.69, 9.17) is 5.73 Å². The molecule has 0 atom stereocenters. The first-order valence-corrected chi connectivity index (χ1v) is 8.28. The van der Waals surface area contributed by atoms with Crippen molar-refractivity contribution in [3.05, 3.63) is 22.2 Å². The Hall–Kier alpha value is -0.630. The molecule has 2 rings (SSSR count). The predicted octanol–water partition coefficient (Wildman–Crippen LogP) is 1.53. The van der Waals surface area contributed by atoms with Gasteiger partial charge in [0, 0.05) is 10.2 Å². The van der Waals surface area contributed by atoms with Crippen LogP contribution in [0.25, 0.3) is 0 Å². The lowest BCUT2D eigenvalue weighted by atomic mass is 9.78. The van der Waals surface area contributed by atoms with Gasteiger partial charge in [-0.1, -0.05) is 0 Å². The van der Waals surface area contributed by atoms with Crippen LogP contribution in [0.15, 0.2) is 21.5 Å². The van der Waals surface area contributed by atoms with Crippen molar-refractivity contribution in [1.29, 1.82) is 0 Å². The van der Waals surface area contributed by atoms with Gasteiger partial charge in [0.1, 0.15) is 0 Å². The summed E-state index contributed by atoms with van der Waals surface area (Å²) in [6.45, 7) is 1.53. The molecule has 1 aliphatic rings. The highest BCUT2D eigenvalue weighted by Crippen LogP contribution is 2.34. The van der Waals surface area contributed by atoms with Crippen molar-refractivity contribution in [2.24, 2.45) is 0 Å². The summed E-state index contributed by atoms with van der Waals surface area (Å²) >= 11 is 3.27. The Balaban J connectivity index is 2.37. The summed E-state index contributed by atoms with van der Waals surface area (Å²) in [6.07, 6.45) is 2.24. The number of benzene rings is 1. The topological polar surface area (TPSA) is 92.4 Å². The molecular formula is C12H17BrN2O3S. The van der Waals surface area contributed by atoms with Crippen LogP contribution in [0.2, 0.25) is 0 Å². The normalized spacial score (nSPS) is 18.1. The van der Waals surface area contributed by atoms with Gasteiger partial charge in [-0.3, -0.25) is 0 Å². The van der Waals surface area contributed by atoms with Crippen LogP contribution in [0.3, 0.4) is 0 Å². The van der Waals surface area contributed by atoms with Gasteiger partial charge in [-0.25, -0.2) is 13.1 Å². The van der Waals surface area contributed by atoms with Crippen LogP contribution in [0.4, 0.5) is 5.69 Å². The van der Waals surface area contributed by atoms with Crippen molar-refractivity contribution in [2.75, 3.05) is 12.3 Å². The summed E-state index contributed by atoms with van der Waals surface area (Å²) in [4.78, 5) is 0.160. The summed E-state index contributed by atoms with van der Waals surface area (Å²) in [5.41, 5.74) is 6.02. The molecule has 1 aliphatic carbocycles. The lowest BCUT2D eigenvalue weighted by Gasteiger charge is -2.40. The molecule has 0 amide bonds. The van der Waals surface area contributed by atoms with Crippen molar-refractivity contribution in [2.45, 2.75) is 36.6 Å². The van der Waals surface area contributed by atoms with Gasteiger partial charge in [-0.2, -0.15) is 0 Å². The molecule has 0 saturated heterocycles. The van der Waals surface area contributed by atoms with Crippen molar-refractivity contribution in [3.63, 3.8) is 0 Å². The van der Waals surface area contributed by atoms with Crippen LogP contribution >= 0.6 is 15.9 Å². The SMILES string of the molecule is Cc1cc(Br)c(N)cc1S(=O)(=O)NC1(CO)CCC1. The Morgan fingerprint density at radius 3 is 2.58 bits per heavy atom. The maximum absolute atomic E-state index is 12.4. The molecule has 0 heterocycles. The van der Waals surface area contributed by atoms with E-state index in [9.17, 15) is 13.5 Å². The third kappa shape index (κ3) is 2.79. The minimum Gasteiger partial charge on any atom is -0.398 e. The molecule has 0 spiro atoms. The minimum atomic E-state index is -3.67. The number of hydrogen-bond acceptors (Lipinski definition) is 4. The van der Waals surface area contributed by atoms with Crippen molar-refractivity contribution < 1.29 is 13.5 Å². The number of rotatable bonds is 4. The first kappa shape index (κ1) is 14.8. The summed E-state index contributed by atoms with van der Waals surface area (Å²) in [6, 6.07) is 3.11. The third-order valence-corrected chi connectivity index (χ3v) is 5.96. The number of aryl methyl sites for hydroxylation is 1. The van der Waals surface area contributed by atoms with E-state index in [1.165, 1.54) is 6.07 Å². The Bertz CT molecular complexity index is 592. The molecule has 0 aromatic heterocycles. The lowest BCUT2D eigenvalue weighted by molar-refractivity contribution is 0.110. The standard InChI is InChI=1S/C12H17BrN2O3S/c1-8-5-9(13)10(14)6-11(8)19(17,18)15-12(7-16)3-2-4-12/h5-6,15-16H,2-4,7,14H2,1H3. The number of aliphatic hydroxyl groups excluding tert-OH is 1. The van der Waals surface area contributed by atoms with Crippen molar-refractivity contribution >= 4 is 31.6 Å². The molecule has 1 aromatic rings. The molecule has 19 heavy (non-hydrogen) atoms. The number of hydrogen-bond donors (Lipinski definition) is 3. The monoisotopic (exact) mass is 348 g/mol. The molecule has 1 aromatic carbocycles. The molecule has 106 valence electrons. The number of nitrogen functional groups attached to an aromatic ring is 1. The van der Waals surface area contributed by atoms with Crippen LogP contribution in [0.1, 0.15) is 24.8 Å². The Morgan fingerprint density at radius 2 is 2.11 bits per heavy atom. The Labute approximate surface area is 121 Å². The first-order valence-electron chi connectivity index (χ1n) is 6.00. The fraction of sp³-hybridized carbons (Fsp3) is 0.500. The van der Waals surface area contributed by atoms with Gasteiger partial charge in [0.15, 0.2) is 0 Å². The molecule has 1 fully saturated rings. The van der Waals surface area contributed by atoms with E-state index in [1.54, 1.807) is 13.0 Å². The van der Waals surface area contributed by atoms with Crippen LogP contribution in [0, 0.1) is 6.92 Å². The Morgan fingerprint density at radius 1 is 1.47 bits per heavy atom. The summed E-state index contributed by atoms with van der Waals surface area (Å²) in [5.74, 6) is 0. The van der Waals surface area contributed by atoms with Gasteiger partial charge in [-0.05, 0) is 59.8 Å². The molecule has 7 heteroatoms. The highest BCUT2D eigenvalue weighted by atomic mass is 79.9. The number of nitrogens with one attached hydrogen (secondary N) is 1. The van der Waals surface area contributed by atoms with E-state index in [0.29, 0.717) is 28.6 Å². The van der Waals surface area contributed by atoms with Gasteiger partial charge in [0.2, 0.25) is 10.0 Å². The number of aliphatic hydroxyl groups is 1. The molecule has 0 unspecified atom stereocenters. The summed E-state index contributed by atoms with van der Waals surface area (Å²) < 4.78 is 28.1. The largest absolute Gasteiger partial charge is 0.398 e. The fourth-order valence-electron chi connectivity index (χ4n) is 2.19. The molecule has 1 saturated carbocycles. The zero-order chi connectivity index (χ0) is 14.3. The fourth-order valence-corrected chi connectivity index (χ4v) is 4.37. The van der Waals surface area contributed by atoms with Crippen LogP contribution in [-0.4, -0.2) is 25.7 Å². The number of sulfonamides is 1. The van der Waals surface area contributed by atoms with E-state index >= 15 is 0 Å². The van der Waals surface area contributed by atoms with Gasteiger partial charge < -0.3 is 10.8 Å². The van der Waals surface area contributed by atoms with E-state index in [0.717, 1.165) is 6.42 Å². The second-order valence-corrected chi connectivity index (χ2v) is 7.54. The highest BCUT2D eigenvalue weighted by molar-refractivity contribution is 9.10. The van der Waals surface area contributed by atoms with Crippen molar-refractivity contribution in [1.82, 2.24) is 4.72 Å². The zero-order valence-corrected chi connectivity index (χ0v) is 13.0. The minimum absolute atomic E-state index is 0.160. The molecule has 4 N–H and O–H groups in total. The van der Waals surface area contributed by atoms with E-state index in [-0.39, 0.29) is 11.5 Å². The molecule has 0 aliphatic heterocycles. The smallest absolute Gasteiger partial charge is 0.241 e. The molecule has 5 nitrogen and oxygen atoms in total. The van der Waals surface area contributed by atoms with Gasteiger partial charge in [0.25, 0.3) is 0 Å². The van der Waals surface area contributed by atoms with E-state index < -0.39 is 15.6 Å². The number of anilines is 1. The average Bonchev–Trinajstić information content (AvgIpc) is 2.28. The predicted molar refractivity (Wildman–Crippen MR) is 77.3 cm³/mol. The van der Waals surface area contributed by atoms with E-state index in [1.807, 2.05) is 0 Å². The highest BCUT2D eigenvalue weighted by Gasteiger charge is 2.40. The van der Waals surface area contributed by atoms with Crippen molar-refractivity contribution in [3.8, 4) is 0 Å². The maximum Gasteiger partial charge on any atom is 0.241 e. The van der Waals surface area contributed by atoms with Gasteiger partial charge in [0.05, 0.1) is 17.0 Å². The van der Waals surface area contributed by atoms with Crippen LogP contribution in [-0.2, 0) is 10.0 Å². The van der Waals surface area contributed by atoms with Gasteiger partial charge >= 0.3 is 0 Å². The Kier molecular flexibility index (Phi) is 3.92. The quantitative estimate of drug-likeness (QED) is 0.719. The zero-order valence-electron chi connectivity index (χ0n) is 10.6. The summed E-state index contributed by atoms with van der Waals surface area (Å²) in [7, 11) is -3.67. The number of halogens is 1. The maximum atomic E-state index is 12.4. The van der Waals surface area contributed by atoms with Gasteiger partial charge in [-0.15, -0.1) is 0 Å². The average molecular weight is 349 g/mol. The van der Waals surface area contributed by atoms with Crippen LogP contribution in [0.5, 0.6) is 0 Å². The molecule has 0 bridgehead atoms. The third-order valence-electron chi connectivity index (χ3n) is 3.55.